The third-order valence-electron chi connectivity index (χ3n) is 3.58. The predicted octanol–water partition coefficient (Wildman–Crippen LogP) is 0.989. The molecule has 18 heavy (non-hydrogen) atoms. The highest BCUT2D eigenvalue weighted by Crippen LogP contribution is 2.44. The Morgan fingerprint density at radius 1 is 1.56 bits per heavy atom. The Hall–Kier alpha value is -1.33. The highest BCUT2D eigenvalue weighted by molar-refractivity contribution is 5.89. The van der Waals surface area contributed by atoms with Crippen LogP contribution in [0, 0.1) is 11.8 Å². The van der Waals surface area contributed by atoms with Crippen LogP contribution in [0.4, 0.5) is 0 Å². The van der Waals surface area contributed by atoms with E-state index in [0.717, 1.165) is 5.57 Å². The number of carbonyl (C=O) groups is 1. The first-order valence-electron chi connectivity index (χ1n) is 5.94. The van der Waals surface area contributed by atoms with E-state index in [4.69, 9.17) is 14.2 Å². The smallest absolute Gasteiger partial charge is 0.337 e. The van der Waals surface area contributed by atoms with Crippen molar-refractivity contribution in [2.75, 3.05) is 14.2 Å². The van der Waals surface area contributed by atoms with E-state index in [1.165, 1.54) is 13.4 Å². The number of aliphatic hydroxyl groups excluding tert-OH is 1. The fraction of sp³-hybridized carbons (Fsp3) is 0.615. The summed E-state index contributed by atoms with van der Waals surface area (Å²) < 4.78 is 15.4. The molecule has 0 bridgehead atoms. The molecule has 4 unspecified atom stereocenters. The highest BCUT2D eigenvalue weighted by atomic mass is 16.7. The van der Waals surface area contributed by atoms with Gasteiger partial charge >= 0.3 is 5.97 Å². The molecule has 5 nitrogen and oxygen atoms in total. The van der Waals surface area contributed by atoms with Crippen LogP contribution < -0.4 is 0 Å². The molecule has 2 rings (SSSR count). The van der Waals surface area contributed by atoms with Crippen LogP contribution in [0.5, 0.6) is 0 Å². The van der Waals surface area contributed by atoms with Crippen LogP contribution in [0.3, 0.4) is 0 Å². The Kier molecular flexibility index (Phi) is 3.73. The zero-order chi connectivity index (χ0) is 13.3. The number of allylic oxidation sites excluding steroid dienone is 1. The number of fused-ring (bicyclic) bond motifs is 1. The van der Waals surface area contributed by atoms with Crippen molar-refractivity contribution in [2.45, 2.75) is 25.7 Å². The number of ether oxygens (including phenoxy) is 3. The van der Waals surface area contributed by atoms with Gasteiger partial charge in [0.1, 0.15) is 0 Å². The highest BCUT2D eigenvalue weighted by Gasteiger charge is 2.45. The minimum absolute atomic E-state index is 0.0410. The van der Waals surface area contributed by atoms with Crippen molar-refractivity contribution in [1.29, 1.82) is 0 Å². The fourth-order valence-corrected chi connectivity index (χ4v) is 2.73. The normalized spacial score (nSPS) is 31.9. The molecule has 0 spiro atoms. The molecule has 1 aliphatic carbocycles. The monoisotopic (exact) mass is 254 g/mol. The van der Waals surface area contributed by atoms with E-state index in [2.05, 4.69) is 0 Å². The average molecular weight is 254 g/mol. The summed E-state index contributed by atoms with van der Waals surface area (Å²) in [6, 6.07) is 0. The second-order valence-corrected chi connectivity index (χ2v) is 4.55. The maximum absolute atomic E-state index is 11.7. The molecule has 1 heterocycles. The van der Waals surface area contributed by atoms with Gasteiger partial charge in [-0.05, 0) is 18.9 Å². The van der Waals surface area contributed by atoms with E-state index < -0.39 is 12.4 Å². The third-order valence-corrected chi connectivity index (χ3v) is 3.58. The minimum atomic E-state index is -0.571. The van der Waals surface area contributed by atoms with Gasteiger partial charge in [0.2, 0.25) is 6.29 Å². The van der Waals surface area contributed by atoms with Gasteiger partial charge in [-0.15, -0.1) is 0 Å². The zero-order valence-corrected chi connectivity index (χ0v) is 10.8. The number of aliphatic hydroxyl groups is 1. The molecule has 0 aromatic carbocycles. The molecule has 1 N–H and O–H groups in total. The summed E-state index contributed by atoms with van der Waals surface area (Å²) in [7, 11) is 2.90. The summed E-state index contributed by atoms with van der Waals surface area (Å²) in [4.78, 5) is 11.7. The van der Waals surface area contributed by atoms with Gasteiger partial charge in [-0.3, -0.25) is 0 Å². The van der Waals surface area contributed by atoms with Crippen LogP contribution in [0.15, 0.2) is 23.5 Å². The summed E-state index contributed by atoms with van der Waals surface area (Å²) in [6.45, 7) is 1.71. The Morgan fingerprint density at radius 3 is 2.83 bits per heavy atom. The van der Waals surface area contributed by atoms with Crippen molar-refractivity contribution in [3.63, 3.8) is 0 Å². The van der Waals surface area contributed by atoms with Crippen molar-refractivity contribution in [3.8, 4) is 0 Å². The SMILES string of the molecule is COC(=O)C1=COC(OC)C2C(C(C)O)=CCC12. The summed E-state index contributed by atoms with van der Waals surface area (Å²) in [5.74, 6) is -0.561. The second-order valence-electron chi connectivity index (χ2n) is 4.55. The molecule has 0 aromatic heterocycles. The van der Waals surface area contributed by atoms with Crippen molar-refractivity contribution in [3.05, 3.63) is 23.5 Å². The average Bonchev–Trinajstić information content (AvgIpc) is 2.81. The Balaban J connectivity index is 2.29. The van der Waals surface area contributed by atoms with Crippen LogP contribution in [0.25, 0.3) is 0 Å². The number of hydrogen-bond donors (Lipinski definition) is 1. The summed E-state index contributed by atoms with van der Waals surface area (Å²) >= 11 is 0. The van der Waals surface area contributed by atoms with Gasteiger partial charge in [0.05, 0.1) is 31.0 Å². The number of esters is 1. The summed E-state index contributed by atoms with van der Waals surface area (Å²) in [6.07, 6.45) is 3.02. The van der Waals surface area contributed by atoms with E-state index in [0.29, 0.717) is 12.0 Å². The van der Waals surface area contributed by atoms with E-state index in [9.17, 15) is 9.90 Å². The molecule has 0 radical (unpaired) electrons. The molecule has 0 saturated heterocycles. The zero-order valence-electron chi connectivity index (χ0n) is 10.8. The lowest BCUT2D eigenvalue weighted by Gasteiger charge is -2.34. The van der Waals surface area contributed by atoms with Crippen molar-refractivity contribution < 1.29 is 24.1 Å². The number of carbonyl (C=O) groups excluding carboxylic acids is 1. The fourth-order valence-electron chi connectivity index (χ4n) is 2.73. The topological polar surface area (TPSA) is 65.0 Å². The van der Waals surface area contributed by atoms with Crippen LogP contribution >= 0.6 is 0 Å². The van der Waals surface area contributed by atoms with E-state index >= 15 is 0 Å². The quantitative estimate of drug-likeness (QED) is 0.601. The molecule has 100 valence electrons. The number of rotatable bonds is 3. The van der Waals surface area contributed by atoms with Gasteiger partial charge in [0.25, 0.3) is 0 Å². The molecular formula is C13H18O5. The summed E-state index contributed by atoms with van der Waals surface area (Å²) in [5.41, 5.74) is 1.36. The lowest BCUT2D eigenvalue weighted by molar-refractivity contribution is -0.147. The lowest BCUT2D eigenvalue weighted by Crippen LogP contribution is -2.38. The minimum Gasteiger partial charge on any atom is -0.471 e. The first kappa shape index (κ1) is 13.1. The Labute approximate surface area is 106 Å². The van der Waals surface area contributed by atoms with Crippen molar-refractivity contribution >= 4 is 5.97 Å². The van der Waals surface area contributed by atoms with Gasteiger partial charge < -0.3 is 19.3 Å². The first-order chi connectivity index (χ1) is 8.60. The van der Waals surface area contributed by atoms with Gasteiger partial charge in [-0.1, -0.05) is 6.08 Å². The molecule has 0 saturated carbocycles. The number of hydrogen-bond acceptors (Lipinski definition) is 5. The molecule has 2 aliphatic rings. The third kappa shape index (κ3) is 2.04. The van der Waals surface area contributed by atoms with Crippen LogP contribution in [-0.4, -0.2) is 37.7 Å². The second kappa shape index (κ2) is 5.12. The van der Waals surface area contributed by atoms with Crippen LogP contribution in [-0.2, 0) is 19.0 Å². The predicted molar refractivity (Wildman–Crippen MR) is 63.3 cm³/mol. The molecule has 1 aliphatic heterocycles. The molecule has 0 aromatic rings. The lowest BCUT2D eigenvalue weighted by atomic mass is 9.82. The largest absolute Gasteiger partial charge is 0.471 e. The molecule has 4 atom stereocenters. The molecule has 0 fully saturated rings. The molecular weight excluding hydrogens is 236 g/mol. The molecule has 5 heteroatoms. The standard InChI is InChI=1S/C13H18O5/c1-7(14)8-4-5-9-10(12(15)16-2)6-18-13(17-3)11(8)9/h4,6-7,9,11,13-14H,5H2,1-3H3. The van der Waals surface area contributed by atoms with Crippen molar-refractivity contribution in [2.24, 2.45) is 11.8 Å². The van der Waals surface area contributed by atoms with E-state index in [1.807, 2.05) is 6.08 Å². The first-order valence-corrected chi connectivity index (χ1v) is 5.94. The van der Waals surface area contributed by atoms with Crippen LogP contribution in [0.1, 0.15) is 13.3 Å². The van der Waals surface area contributed by atoms with Crippen molar-refractivity contribution in [1.82, 2.24) is 0 Å². The molecule has 0 amide bonds. The van der Waals surface area contributed by atoms with E-state index in [-0.39, 0.29) is 17.8 Å². The maximum Gasteiger partial charge on any atom is 0.337 e. The van der Waals surface area contributed by atoms with E-state index in [1.54, 1.807) is 14.0 Å². The van der Waals surface area contributed by atoms with Gasteiger partial charge in [0, 0.05) is 13.0 Å². The number of methoxy groups -OCH3 is 2. The Bertz CT molecular complexity index is 396. The maximum atomic E-state index is 11.7. The van der Waals surface area contributed by atoms with Gasteiger partial charge in [-0.25, -0.2) is 4.79 Å². The summed E-state index contributed by atoms with van der Waals surface area (Å²) in [5, 5.41) is 9.77. The van der Waals surface area contributed by atoms with Gasteiger partial charge in [0.15, 0.2) is 0 Å². The Morgan fingerprint density at radius 2 is 2.28 bits per heavy atom. The van der Waals surface area contributed by atoms with Crippen LogP contribution in [0.2, 0.25) is 0 Å². The van der Waals surface area contributed by atoms with Gasteiger partial charge in [-0.2, -0.15) is 0 Å².